The molecular weight excluding hydrogens is 246 g/mol. The van der Waals surface area contributed by atoms with Gasteiger partial charge in [-0.25, -0.2) is 14.7 Å². The molecule has 1 aromatic rings. The van der Waals surface area contributed by atoms with Crippen molar-refractivity contribution in [1.82, 2.24) is 9.88 Å². The number of imide groups is 1. The summed E-state index contributed by atoms with van der Waals surface area (Å²) in [6.07, 6.45) is 3.48. The van der Waals surface area contributed by atoms with Crippen LogP contribution in [-0.4, -0.2) is 47.6 Å². The van der Waals surface area contributed by atoms with Crippen LogP contribution in [0.25, 0.3) is 0 Å². The normalized spacial score (nSPS) is 23.3. The van der Waals surface area contributed by atoms with Gasteiger partial charge < -0.3 is 9.64 Å². The van der Waals surface area contributed by atoms with Gasteiger partial charge in [-0.1, -0.05) is 6.07 Å². The number of anilines is 1. The largest absolute Gasteiger partial charge is 0.382 e. The van der Waals surface area contributed by atoms with Crippen molar-refractivity contribution in [3.8, 4) is 0 Å². The number of amides is 3. The summed E-state index contributed by atoms with van der Waals surface area (Å²) in [6, 6.07) is 4.54. The second-order valence-electron chi connectivity index (χ2n) is 4.75. The van der Waals surface area contributed by atoms with Gasteiger partial charge in [-0.2, -0.15) is 0 Å². The van der Waals surface area contributed by atoms with Crippen molar-refractivity contribution in [2.75, 3.05) is 18.6 Å². The van der Waals surface area contributed by atoms with Gasteiger partial charge in [0.2, 0.25) is 0 Å². The minimum absolute atomic E-state index is 0.172. The van der Waals surface area contributed by atoms with Gasteiger partial charge in [0.15, 0.2) is 0 Å². The van der Waals surface area contributed by atoms with Crippen LogP contribution in [0.3, 0.4) is 0 Å². The zero-order chi connectivity index (χ0) is 13.4. The third-order valence-corrected chi connectivity index (χ3v) is 3.40. The number of hydrogen-bond donors (Lipinski definition) is 0. The van der Waals surface area contributed by atoms with E-state index in [1.807, 2.05) is 0 Å². The lowest BCUT2D eigenvalue weighted by Crippen LogP contribution is -2.39. The molecule has 3 amide bonds. The molecule has 2 fully saturated rings. The Kier molecular flexibility index (Phi) is 2.94. The lowest BCUT2D eigenvalue weighted by Gasteiger charge is -2.20. The fraction of sp³-hybridized carbons (Fsp3) is 0.462. The van der Waals surface area contributed by atoms with Crippen molar-refractivity contribution in [2.24, 2.45) is 0 Å². The molecule has 0 bridgehead atoms. The fourth-order valence-electron chi connectivity index (χ4n) is 2.38. The third kappa shape index (κ3) is 1.98. The number of ether oxygens (including phenoxy) is 1. The molecule has 1 atom stereocenters. The van der Waals surface area contributed by atoms with Crippen LogP contribution in [0.2, 0.25) is 0 Å². The zero-order valence-corrected chi connectivity index (χ0v) is 10.7. The van der Waals surface area contributed by atoms with Gasteiger partial charge in [0, 0.05) is 19.3 Å². The highest BCUT2D eigenvalue weighted by atomic mass is 16.5. The van der Waals surface area contributed by atoms with E-state index in [4.69, 9.17) is 4.74 Å². The first-order chi connectivity index (χ1) is 9.24. The number of carbonyl (C=O) groups is 2. The highest BCUT2D eigenvalue weighted by Gasteiger charge is 2.51. The van der Waals surface area contributed by atoms with E-state index in [0.29, 0.717) is 5.82 Å². The van der Waals surface area contributed by atoms with Gasteiger partial charge in [0.1, 0.15) is 11.9 Å². The standard InChI is InChI=1S/C13H15N3O3/c1-19-8-10-12(17)16(11-4-2-3-7-14-11)13(18)15(10)9-5-6-9/h2-4,7,9-10H,5-6,8H2,1H3. The van der Waals surface area contributed by atoms with E-state index in [1.165, 1.54) is 7.11 Å². The van der Waals surface area contributed by atoms with Gasteiger partial charge in [0.25, 0.3) is 5.91 Å². The Balaban J connectivity index is 1.93. The Morgan fingerprint density at radius 1 is 1.37 bits per heavy atom. The van der Waals surface area contributed by atoms with Gasteiger partial charge in [-0.05, 0) is 25.0 Å². The Morgan fingerprint density at radius 3 is 2.74 bits per heavy atom. The van der Waals surface area contributed by atoms with Crippen LogP contribution in [0, 0.1) is 0 Å². The van der Waals surface area contributed by atoms with Crippen LogP contribution in [0.5, 0.6) is 0 Å². The molecule has 2 heterocycles. The summed E-state index contributed by atoms with van der Waals surface area (Å²) in [4.78, 5) is 31.7. The monoisotopic (exact) mass is 261 g/mol. The summed E-state index contributed by atoms with van der Waals surface area (Å²) >= 11 is 0. The Hall–Kier alpha value is -1.95. The first-order valence-corrected chi connectivity index (χ1v) is 6.30. The van der Waals surface area contributed by atoms with Crippen LogP contribution in [0.1, 0.15) is 12.8 Å². The van der Waals surface area contributed by atoms with Gasteiger partial charge in [-0.3, -0.25) is 4.79 Å². The van der Waals surface area contributed by atoms with Crippen LogP contribution in [0.4, 0.5) is 10.6 Å². The molecule has 6 nitrogen and oxygen atoms in total. The molecule has 0 aromatic carbocycles. The minimum atomic E-state index is -0.521. The number of pyridine rings is 1. The summed E-state index contributed by atoms with van der Waals surface area (Å²) in [5.74, 6) is 0.124. The van der Waals surface area contributed by atoms with Gasteiger partial charge in [-0.15, -0.1) is 0 Å². The molecule has 2 aliphatic rings. The number of methoxy groups -OCH3 is 1. The number of nitrogens with zero attached hydrogens (tertiary/aromatic N) is 3. The summed E-state index contributed by atoms with van der Waals surface area (Å²) < 4.78 is 5.08. The molecule has 1 unspecified atom stereocenters. The van der Waals surface area contributed by atoms with E-state index in [9.17, 15) is 9.59 Å². The van der Waals surface area contributed by atoms with Crippen LogP contribution >= 0.6 is 0 Å². The van der Waals surface area contributed by atoms with E-state index in [-0.39, 0.29) is 24.6 Å². The molecule has 6 heteroatoms. The number of rotatable bonds is 4. The first-order valence-electron chi connectivity index (χ1n) is 6.30. The summed E-state index contributed by atoms with van der Waals surface area (Å²) in [6.45, 7) is 0.227. The van der Waals surface area contributed by atoms with Crippen molar-refractivity contribution in [3.63, 3.8) is 0 Å². The average Bonchev–Trinajstić information content (AvgIpc) is 3.21. The summed E-state index contributed by atoms with van der Waals surface area (Å²) in [5, 5.41) is 0. The van der Waals surface area contributed by atoms with Crippen molar-refractivity contribution in [2.45, 2.75) is 24.9 Å². The minimum Gasteiger partial charge on any atom is -0.382 e. The first kappa shape index (κ1) is 12.1. The molecule has 1 aliphatic heterocycles. The van der Waals surface area contributed by atoms with Gasteiger partial charge >= 0.3 is 6.03 Å². The predicted molar refractivity (Wildman–Crippen MR) is 67.6 cm³/mol. The number of urea groups is 1. The maximum atomic E-state index is 12.4. The lowest BCUT2D eigenvalue weighted by atomic mass is 10.2. The Morgan fingerprint density at radius 2 is 2.16 bits per heavy atom. The number of hydrogen-bond acceptors (Lipinski definition) is 4. The van der Waals surface area contributed by atoms with E-state index in [0.717, 1.165) is 17.7 Å². The number of aromatic nitrogens is 1. The van der Waals surface area contributed by atoms with Crippen molar-refractivity contribution in [1.29, 1.82) is 0 Å². The second kappa shape index (κ2) is 4.62. The maximum Gasteiger partial charge on any atom is 0.333 e. The van der Waals surface area contributed by atoms with Gasteiger partial charge in [0.05, 0.1) is 6.61 Å². The summed E-state index contributed by atoms with van der Waals surface area (Å²) in [7, 11) is 1.53. The molecule has 1 aliphatic carbocycles. The quantitative estimate of drug-likeness (QED) is 0.759. The predicted octanol–water partition coefficient (Wildman–Crippen LogP) is 1.03. The maximum absolute atomic E-state index is 12.4. The van der Waals surface area contributed by atoms with E-state index in [2.05, 4.69) is 4.98 Å². The van der Waals surface area contributed by atoms with Crippen LogP contribution < -0.4 is 4.90 Å². The second-order valence-corrected chi connectivity index (χ2v) is 4.75. The van der Waals surface area contributed by atoms with E-state index >= 15 is 0 Å². The molecule has 1 saturated carbocycles. The Labute approximate surface area is 111 Å². The molecule has 100 valence electrons. The lowest BCUT2D eigenvalue weighted by molar-refractivity contribution is -0.121. The van der Waals surface area contributed by atoms with E-state index < -0.39 is 6.04 Å². The van der Waals surface area contributed by atoms with Crippen molar-refractivity contribution >= 4 is 17.8 Å². The highest BCUT2D eigenvalue weighted by molar-refractivity contribution is 6.21. The van der Waals surface area contributed by atoms with Crippen LogP contribution in [-0.2, 0) is 9.53 Å². The molecule has 0 spiro atoms. The number of carbonyl (C=O) groups excluding carboxylic acids is 2. The third-order valence-electron chi connectivity index (χ3n) is 3.40. The van der Waals surface area contributed by atoms with E-state index in [1.54, 1.807) is 29.3 Å². The molecule has 1 aromatic heterocycles. The molecule has 3 rings (SSSR count). The smallest absolute Gasteiger partial charge is 0.333 e. The Bertz CT molecular complexity index is 501. The zero-order valence-electron chi connectivity index (χ0n) is 10.7. The SMILES string of the molecule is COCC1C(=O)N(c2ccccn2)C(=O)N1C1CC1. The fourth-order valence-corrected chi connectivity index (χ4v) is 2.38. The molecule has 1 saturated heterocycles. The average molecular weight is 261 g/mol. The molecule has 19 heavy (non-hydrogen) atoms. The molecular formula is C13H15N3O3. The van der Waals surface area contributed by atoms with Crippen molar-refractivity contribution in [3.05, 3.63) is 24.4 Å². The summed E-state index contributed by atoms with van der Waals surface area (Å²) in [5.41, 5.74) is 0. The highest BCUT2D eigenvalue weighted by Crippen LogP contribution is 2.35. The van der Waals surface area contributed by atoms with Crippen molar-refractivity contribution < 1.29 is 14.3 Å². The topological polar surface area (TPSA) is 62.7 Å². The molecule has 0 radical (unpaired) electrons. The van der Waals surface area contributed by atoms with Crippen LogP contribution in [0.15, 0.2) is 24.4 Å². The molecule has 0 N–H and O–H groups in total.